The molecule has 3 aromatic rings. The van der Waals surface area contributed by atoms with E-state index in [9.17, 15) is 9.59 Å². The number of hydrogen-bond donors (Lipinski definition) is 2. The highest BCUT2D eigenvalue weighted by Gasteiger charge is 2.28. The van der Waals surface area contributed by atoms with Crippen LogP contribution in [-0.2, 0) is 13.0 Å². The van der Waals surface area contributed by atoms with Crippen LogP contribution in [0, 0.1) is 6.92 Å². The van der Waals surface area contributed by atoms with Crippen LogP contribution in [0.1, 0.15) is 57.1 Å². The van der Waals surface area contributed by atoms with E-state index in [4.69, 9.17) is 4.42 Å². The van der Waals surface area contributed by atoms with Gasteiger partial charge in [0.25, 0.3) is 11.8 Å². The minimum Gasteiger partial charge on any atom is -0.455 e. The molecule has 4 rings (SSSR count). The van der Waals surface area contributed by atoms with Gasteiger partial charge in [-0.25, -0.2) is 10.4 Å². The number of carbonyl (C=O) groups excluding carboxylic acids is 2. The summed E-state index contributed by atoms with van der Waals surface area (Å²) in [5.74, 6) is 0.517. The Kier molecular flexibility index (Phi) is 6.84. The predicted molar refractivity (Wildman–Crippen MR) is 124 cm³/mol. The van der Waals surface area contributed by atoms with Gasteiger partial charge in [-0.1, -0.05) is 12.1 Å². The van der Waals surface area contributed by atoms with Crippen LogP contribution in [-0.4, -0.2) is 33.6 Å². The van der Waals surface area contributed by atoms with Gasteiger partial charge in [0.15, 0.2) is 5.76 Å². The Balaban J connectivity index is 1.43. The molecule has 1 aliphatic rings. The van der Waals surface area contributed by atoms with Gasteiger partial charge in [-0.2, -0.15) is 5.10 Å². The van der Waals surface area contributed by atoms with E-state index in [1.54, 1.807) is 30.7 Å². The molecule has 0 spiro atoms. The number of benzene rings is 1. The Hall–Kier alpha value is -3.20. The first-order valence-corrected chi connectivity index (χ1v) is 11.3. The van der Waals surface area contributed by atoms with Gasteiger partial charge in [0.1, 0.15) is 5.76 Å². The maximum Gasteiger partial charge on any atom is 0.287 e. The lowest BCUT2D eigenvalue weighted by molar-refractivity contribution is 0.0920. The second-order valence-electron chi connectivity index (χ2n) is 7.60. The zero-order valence-corrected chi connectivity index (χ0v) is 19.3. The first-order chi connectivity index (χ1) is 15.5. The van der Waals surface area contributed by atoms with Crippen LogP contribution in [0.3, 0.4) is 0 Å². The van der Waals surface area contributed by atoms with Gasteiger partial charge < -0.3 is 14.3 Å². The SMILES string of the molecule is Cc1c(C(=O)NCCCn2ccnc2)oc2c1/C(=N/NC(=O)c1ccccc1Br)CCC2. The zero-order chi connectivity index (χ0) is 22.5. The smallest absolute Gasteiger partial charge is 0.287 e. The molecule has 0 unspecified atom stereocenters. The van der Waals surface area contributed by atoms with Gasteiger partial charge in [0.05, 0.1) is 17.6 Å². The second-order valence-corrected chi connectivity index (χ2v) is 8.45. The molecule has 0 aliphatic heterocycles. The van der Waals surface area contributed by atoms with Crippen molar-refractivity contribution < 1.29 is 14.0 Å². The zero-order valence-electron chi connectivity index (χ0n) is 17.7. The minimum atomic E-state index is -0.297. The van der Waals surface area contributed by atoms with Crippen LogP contribution in [0.15, 0.2) is 57.0 Å². The fourth-order valence-electron chi connectivity index (χ4n) is 3.78. The summed E-state index contributed by atoms with van der Waals surface area (Å²) < 4.78 is 8.58. The highest BCUT2D eigenvalue weighted by Crippen LogP contribution is 2.30. The minimum absolute atomic E-state index is 0.237. The summed E-state index contributed by atoms with van der Waals surface area (Å²) in [6.07, 6.45) is 8.45. The van der Waals surface area contributed by atoms with Crippen molar-refractivity contribution in [3.05, 3.63) is 75.7 Å². The predicted octanol–water partition coefficient (Wildman–Crippen LogP) is 3.84. The average molecular weight is 498 g/mol. The van der Waals surface area contributed by atoms with E-state index in [-0.39, 0.29) is 11.8 Å². The Morgan fingerprint density at radius 1 is 1.25 bits per heavy atom. The molecule has 1 aromatic carbocycles. The summed E-state index contributed by atoms with van der Waals surface area (Å²) in [5, 5.41) is 7.30. The third kappa shape index (κ3) is 4.83. The van der Waals surface area contributed by atoms with Crippen molar-refractivity contribution in [2.45, 2.75) is 39.2 Å². The number of nitrogens with zero attached hydrogens (tertiary/aromatic N) is 3. The number of fused-ring (bicyclic) bond motifs is 1. The van der Waals surface area contributed by atoms with Gasteiger partial charge in [-0.15, -0.1) is 0 Å². The van der Waals surface area contributed by atoms with Crippen molar-refractivity contribution in [3.63, 3.8) is 0 Å². The van der Waals surface area contributed by atoms with Crippen molar-refractivity contribution in [2.24, 2.45) is 5.10 Å². The molecule has 166 valence electrons. The number of rotatable bonds is 7. The summed E-state index contributed by atoms with van der Waals surface area (Å²) in [6, 6.07) is 7.18. The van der Waals surface area contributed by atoms with Crippen LogP contribution in [0.5, 0.6) is 0 Å². The third-order valence-electron chi connectivity index (χ3n) is 5.38. The molecule has 32 heavy (non-hydrogen) atoms. The summed E-state index contributed by atoms with van der Waals surface area (Å²) in [4.78, 5) is 29.2. The lowest BCUT2D eigenvalue weighted by atomic mass is 9.93. The monoisotopic (exact) mass is 497 g/mol. The van der Waals surface area contributed by atoms with Gasteiger partial charge in [-0.05, 0) is 54.2 Å². The summed E-state index contributed by atoms with van der Waals surface area (Å²) in [6.45, 7) is 3.17. The van der Waals surface area contributed by atoms with Crippen LogP contribution in [0.4, 0.5) is 0 Å². The number of furan rings is 1. The highest BCUT2D eigenvalue weighted by molar-refractivity contribution is 9.10. The number of aromatic nitrogens is 2. The van der Waals surface area contributed by atoms with Crippen molar-refractivity contribution in [1.82, 2.24) is 20.3 Å². The standard InChI is InChI=1S/C23H24BrN5O3/c1-15-20-18(27-28-22(30)16-6-2-3-7-17(16)24)8-4-9-19(20)32-21(15)23(31)26-10-5-12-29-13-11-25-14-29/h2-3,6-7,11,13-14H,4-5,8-10,12H2,1H3,(H,26,31)(H,28,30)/b27-18+. The number of hydrazone groups is 1. The molecule has 9 heteroatoms. The van der Waals surface area contributed by atoms with Gasteiger partial charge >= 0.3 is 0 Å². The van der Waals surface area contributed by atoms with E-state index in [1.165, 1.54) is 0 Å². The van der Waals surface area contributed by atoms with Crippen molar-refractivity contribution in [1.29, 1.82) is 0 Å². The van der Waals surface area contributed by atoms with Gasteiger partial charge in [-0.3, -0.25) is 9.59 Å². The molecule has 0 fully saturated rings. The number of imidazole rings is 1. The van der Waals surface area contributed by atoms with Crippen molar-refractivity contribution in [3.8, 4) is 0 Å². The van der Waals surface area contributed by atoms with Gasteiger partial charge in [0, 0.05) is 47.5 Å². The van der Waals surface area contributed by atoms with Crippen LogP contribution < -0.4 is 10.7 Å². The maximum atomic E-state index is 12.7. The highest BCUT2D eigenvalue weighted by atomic mass is 79.9. The largest absolute Gasteiger partial charge is 0.455 e. The van der Waals surface area contributed by atoms with Gasteiger partial charge in [0.2, 0.25) is 0 Å². The number of hydrogen-bond acceptors (Lipinski definition) is 5. The van der Waals surface area contributed by atoms with Crippen molar-refractivity contribution >= 4 is 33.5 Å². The molecular formula is C23H24BrN5O3. The number of amides is 2. The van der Waals surface area contributed by atoms with Crippen LogP contribution in [0.25, 0.3) is 0 Å². The first kappa shape index (κ1) is 22.0. The van der Waals surface area contributed by atoms with E-state index >= 15 is 0 Å². The first-order valence-electron chi connectivity index (χ1n) is 10.5. The van der Waals surface area contributed by atoms with E-state index < -0.39 is 0 Å². The molecule has 1 aliphatic carbocycles. The Labute approximate surface area is 194 Å². The number of halogens is 1. The van der Waals surface area contributed by atoms with Crippen molar-refractivity contribution in [2.75, 3.05) is 6.54 Å². The molecule has 8 nitrogen and oxygen atoms in total. The van der Waals surface area contributed by atoms with E-state index in [0.717, 1.165) is 48.4 Å². The fourth-order valence-corrected chi connectivity index (χ4v) is 4.25. The lowest BCUT2D eigenvalue weighted by Crippen LogP contribution is -2.25. The number of aryl methyl sites for hydroxylation is 2. The molecule has 0 saturated carbocycles. The molecule has 2 N–H and O–H groups in total. The Morgan fingerprint density at radius 3 is 2.88 bits per heavy atom. The molecule has 0 atom stereocenters. The Morgan fingerprint density at radius 2 is 2.09 bits per heavy atom. The molecule has 2 aromatic heterocycles. The number of carbonyl (C=O) groups is 2. The fraction of sp³-hybridized carbons (Fsp3) is 0.304. The topological polar surface area (TPSA) is 102 Å². The van der Waals surface area contributed by atoms with Crippen LogP contribution >= 0.6 is 15.9 Å². The maximum absolute atomic E-state index is 12.7. The number of nitrogens with one attached hydrogen (secondary N) is 2. The molecule has 0 radical (unpaired) electrons. The van der Waals surface area contributed by atoms with E-state index in [0.29, 0.717) is 28.8 Å². The summed E-state index contributed by atoms with van der Waals surface area (Å²) in [5.41, 5.74) is 5.45. The molecule has 0 saturated heterocycles. The molecule has 2 amide bonds. The summed E-state index contributed by atoms with van der Waals surface area (Å²) >= 11 is 3.38. The van der Waals surface area contributed by atoms with E-state index in [1.807, 2.05) is 23.8 Å². The van der Waals surface area contributed by atoms with E-state index in [2.05, 4.69) is 36.8 Å². The second kappa shape index (κ2) is 9.95. The van der Waals surface area contributed by atoms with Crippen LogP contribution in [0.2, 0.25) is 0 Å². The average Bonchev–Trinajstić information content (AvgIpc) is 3.43. The summed E-state index contributed by atoms with van der Waals surface area (Å²) in [7, 11) is 0. The molecule has 0 bridgehead atoms. The quantitative estimate of drug-likeness (QED) is 0.382. The third-order valence-corrected chi connectivity index (χ3v) is 6.07. The Bertz CT molecular complexity index is 1150. The normalized spacial score (nSPS) is 14.2. The molecule has 2 heterocycles. The molecular weight excluding hydrogens is 474 g/mol. The lowest BCUT2D eigenvalue weighted by Gasteiger charge is -2.13.